The van der Waals surface area contributed by atoms with Crippen LogP contribution in [0.25, 0.3) is 0 Å². The molecule has 1 aromatic carbocycles. The third-order valence-electron chi connectivity index (χ3n) is 3.88. The fraction of sp³-hybridized carbons (Fsp3) is 0.412. The first-order valence-corrected chi connectivity index (χ1v) is 9.55. The van der Waals surface area contributed by atoms with Crippen LogP contribution in [0, 0.1) is 0 Å². The van der Waals surface area contributed by atoms with Crippen molar-refractivity contribution in [3.63, 3.8) is 0 Å². The topological polar surface area (TPSA) is 85.9 Å². The number of benzene rings is 1. The second-order valence-corrected chi connectivity index (χ2v) is 6.97. The molecule has 1 aliphatic heterocycles. The minimum atomic E-state index is -0.730. The number of rotatable bonds is 6. The summed E-state index contributed by atoms with van der Waals surface area (Å²) in [6.07, 6.45) is 0.471. The Morgan fingerprint density at radius 3 is 2.38 bits per heavy atom. The van der Waals surface area contributed by atoms with Gasteiger partial charge in [-0.2, -0.15) is 0 Å². The molecule has 1 aromatic rings. The molecule has 0 saturated heterocycles. The van der Waals surface area contributed by atoms with Gasteiger partial charge in [-0.25, -0.2) is 9.59 Å². The molecule has 0 saturated carbocycles. The number of esters is 1. The fourth-order valence-electron chi connectivity index (χ4n) is 2.79. The first kappa shape index (κ1) is 20.6. The number of carbonyl (C=O) groups excluding carboxylic acids is 2. The van der Waals surface area contributed by atoms with Gasteiger partial charge in [-0.05, 0) is 51.3 Å². The molecule has 0 spiro atoms. The SMILES string of the molecule is CCOC(=O)C1=C(CC)NC(=O)NC1c1cc(Br)c(OC)c(Br)c1OC. The number of methoxy groups -OCH3 is 2. The third kappa shape index (κ3) is 3.83. The van der Waals surface area contributed by atoms with Crippen LogP contribution in [0.15, 0.2) is 26.3 Å². The van der Waals surface area contributed by atoms with E-state index in [0.717, 1.165) is 0 Å². The average Bonchev–Trinajstić information content (AvgIpc) is 2.60. The minimum Gasteiger partial charge on any atom is -0.495 e. The minimum absolute atomic E-state index is 0.229. The molecular formula is C17H20Br2N2O5. The number of ether oxygens (including phenoxy) is 3. The summed E-state index contributed by atoms with van der Waals surface area (Å²) in [6, 6.07) is 0.627. The van der Waals surface area contributed by atoms with Gasteiger partial charge in [-0.1, -0.05) is 6.92 Å². The summed E-state index contributed by atoms with van der Waals surface area (Å²) in [7, 11) is 3.05. The predicted octanol–water partition coefficient (Wildman–Crippen LogP) is 3.81. The fourth-order valence-corrected chi connectivity index (χ4v) is 4.43. The van der Waals surface area contributed by atoms with Crippen molar-refractivity contribution in [2.75, 3.05) is 20.8 Å². The van der Waals surface area contributed by atoms with Gasteiger partial charge in [0.05, 0.1) is 36.9 Å². The zero-order valence-corrected chi connectivity index (χ0v) is 18.0. The van der Waals surface area contributed by atoms with Crippen molar-refractivity contribution in [2.45, 2.75) is 26.3 Å². The number of carbonyl (C=O) groups is 2. The molecule has 26 heavy (non-hydrogen) atoms. The molecule has 1 aliphatic rings. The normalized spacial score (nSPS) is 16.7. The van der Waals surface area contributed by atoms with Crippen molar-refractivity contribution >= 4 is 43.9 Å². The highest BCUT2D eigenvalue weighted by molar-refractivity contribution is 9.11. The summed E-state index contributed by atoms with van der Waals surface area (Å²) in [5.41, 5.74) is 1.45. The van der Waals surface area contributed by atoms with Gasteiger partial charge in [0.25, 0.3) is 0 Å². The lowest BCUT2D eigenvalue weighted by atomic mass is 9.93. The maximum Gasteiger partial charge on any atom is 0.338 e. The Hall–Kier alpha value is -1.74. The van der Waals surface area contributed by atoms with Crippen molar-refractivity contribution in [3.8, 4) is 11.5 Å². The molecule has 142 valence electrons. The Morgan fingerprint density at radius 2 is 1.85 bits per heavy atom. The number of hydrogen-bond donors (Lipinski definition) is 2. The van der Waals surface area contributed by atoms with Crippen molar-refractivity contribution in [3.05, 3.63) is 31.8 Å². The van der Waals surface area contributed by atoms with Crippen LogP contribution in [0.4, 0.5) is 4.79 Å². The number of hydrogen-bond acceptors (Lipinski definition) is 5. The predicted molar refractivity (Wildman–Crippen MR) is 103 cm³/mol. The van der Waals surface area contributed by atoms with E-state index in [4.69, 9.17) is 14.2 Å². The van der Waals surface area contributed by atoms with E-state index in [1.807, 2.05) is 6.92 Å². The summed E-state index contributed by atoms with van der Waals surface area (Å²) in [5.74, 6) is 0.504. The van der Waals surface area contributed by atoms with Crippen molar-refractivity contribution < 1.29 is 23.8 Å². The molecule has 0 bridgehead atoms. The standard InChI is InChI=1S/C17H20Br2N2O5/c1-5-10-11(16(22)26-6-2)13(21-17(23)20-10)8-7-9(18)15(25-4)12(19)14(8)24-3/h7,13H,5-6H2,1-4H3,(H2,20,21,23). The van der Waals surface area contributed by atoms with Gasteiger partial charge in [0.2, 0.25) is 0 Å². The molecule has 1 heterocycles. The Labute approximate surface area is 168 Å². The summed E-state index contributed by atoms with van der Waals surface area (Å²) >= 11 is 6.92. The smallest absolute Gasteiger partial charge is 0.338 e. The van der Waals surface area contributed by atoms with Gasteiger partial charge in [-0.15, -0.1) is 0 Å². The molecule has 0 aliphatic carbocycles. The third-order valence-corrected chi connectivity index (χ3v) is 5.19. The Kier molecular flexibility index (Phi) is 6.94. The van der Waals surface area contributed by atoms with E-state index < -0.39 is 18.0 Å². The lowest BCUT2D eigenvalue weighted by molar-refractivity contribution is -0.139. The quantitative estimate of drug-likeness (QED) is 0.591. The zero-order chi connectivity index (χ0) is 19.4. The van der Waals surface area contributed by atoms with Gasteiger partial charge < -0.3 is 24.8 Å². The van der Waals surface area contributed by atoms with E-state index in [1.165, 1.54) is 14.2 Å². The molecule has 0 aromatic heterocycles. The Morgan fingerprint density at radius 1 is 1.19 bits per heavy atom. The van der Waals surface area contributed by atoms with E-state index in [9.17, 15) is 9.59 Å². The second kappa shape index (κ2) is 8.77. The van der Waals surface area contributed by atoms with E-state index in [0.29, 0.717) is 43.7 Å². The van der Waals surface area contributed by atoms with E-state index in [-0.39, 0.29) is 6.61 Å². The van der Waals surface area contributed by atoms with Gasteiger partial charge >= 0.3 is 12.0 Å². The van der Waals surface area contributed by atoms with Crippen LogP contribution in [-0.2, 0) is 9.53 Å². The molecule has 2 amide bonds. The number of nitrogens with one attached hydrogen (secondary N) is 2. The van der Waals surface area contributed by atoms with Crippen LogP contribution in [0.1, 0.15) is 31.9 Å². The van der Waals surface area contributed by atoms with Gasteiger partial charge in [0.15, 0.2) is 5.75 Å². The van der Waals surface area contributed by atoms with Crippen molar-refractivity contribution in [2.24, 2.45) is 0 Å². The maximum absolute atomic E-state index is 12.6. The number of urea groups is 1. The Bertz CT molecular complexity index is 764. The number of halogens is 2. The van der Waals surface area contributed by atoms with Crippen LogP contribution in [0.5, 0.6) is 11.5 Å². The molecule has 7 nitrogen and oxygen atoms in total. The van der Waals surface area contributed by atoms with Crippen LogP contribution < -0.4 is 20.1 Å². The Balaban J connectivity index is 2.71. The van der Waals surface area contributed by atoms with Crippen LogP contribution in [0.3, 0.4) is 0 Å². The zero-order valence-electron chi connectivity index (χ0n) is 14.9. The molecule has 2 N–H and O–H groups in total. The van der Waals surface area contributed by atoms with E-state index >= 15 is 0 Å². The highest BCUT2D eigenvalue weighted by Crippen LogP contribution is 2.46. The number of amides is 2. The summed E-state index contributed by atoms with van der Waals surface area (Å²) in [4.78, 5) is 24.7. The van der Waals surface area contributed by atoms with Crippen molar-refractivity contribution in [1.29, 1.82) is 0 Å². The lowest BCUT2D eigenvalue weighted by Crippen LogP contribution is -2.46. The molecule has 1 atom stereocenters. The van der Waals surface area contributed by atoms with Gasteiger partial charge in [-0.3, -0.25) is 0 Å². The monoisotopic (exact) mass is 490 g/mol. The maximum atomic E-state index is 12.6. The van der Waals surface area contributed by atoms with E-state index in [1.54, 1.807) is 13.0 Å². The lowest BCUT2D eigenvalue weighted by Gasteiger charge is -2.30. The van der Waals surface area contributed by atoms with Crippen LogP contribution >= 0.6 is 31.9 Å². The molecular weight excluding hydrogens is 472 g/mol. The first-order chi connectivity index (χ1) is 12.4. The largest absolute Gasteiger partial charge is 0.495 e. The molecule has 2 rings (SSSR count). The summed E-state index contributed by atoms with van der Waals surface area (Å²) in [6.45, 7) is 3.82. The highest BCUT2D eigenvalue weighted by Gasteiger charge is 2.36. The summed E-state index contributed by atoms with van der Waals surface area (Å²) < 4.78 is 17.3. The van der Waals surface area contributed by atoms with Crippen molar-refractivity contribution in [1.82, 2.24) is 10.6 Å². The second-order valence-electron chi connectivity index (χ2n) is 5.33. The van der Waals surface area contributed by atoms with Crippen LogP contribution in [0.2, 0.25) is 0 Å². The molecule has 1 unspecified atom stereocenters. The van der Waals surface area contributed by atoms with E-state index in [2.05, 4.69) is 42.5 Å². The molecule has 0 radical (unpaired) electrons. The summed E-state index contributed by atoms with van der Waals surface area (Å²) in [5, 5.41) is 5.47. The van der Waals surface area contributed by atoms with Gasteiger partial charge in [0, 0.05) is 11.3 Å². The van der Waals surface area contributed by atoms with Crippen LogP contribution in [-0.4, -0.2) is 32.8 Å². The number of allylic oxidation sites excluding steroid dienone is 1. The average molecular weight is 492 g/mol. The first-order valence-electron chi connectivity index (χ1n) is 7.96. The highest BCUT2D eigenvalue weighted by atomic mass is 79.9. The molecule has 0 fully saturated rings. The van der Waals surface area contributed by atoms with Gasteiger partial charge in [0.1, 0.15) is 10.2 Å². The molecule has 9 heteroatoms.